The quantitative estimate of drug-likeness (QED) is 0.493. The number of benzene rings is 2. The highest BCUT2D eigenvalue weighted by atomic mass is 19.3. The summed E-state index contributed by atoms with van der Waals surface area (Å²) in [6.45, 7) is 1.92. The van der Waals surface area contributed by atoms with E-state index in [1.807, 2.05) is 0 Å². The predicted molar refractivity (Wildman–Crippen MR) is 105 cm³/mol. The minimum absolute atomic E-state index is 0.0882. The fraction of sp³-hybridized carbons (Fsp3) is 0.318. The number of rotatable bonds is 9. The molecule has 0 saturated carbocycles. The number of hydrogen-bond acceptors (Lipinski definition) is 5. The number of carbonyl (C=O) groups is 3. The Morgan fingerprint density at radius 1 is 0.867 bits per heavy atom. The normalized spacial score (nSPS) is 12.9. The van der Waals surface area contributed by atoms with Crippen molar-refractivity contribution in [2.45, 2.75) is 39.5 Å². The Balaban J connectivity index is 2.02. The minimum atomic E-state index is -2.97. The van der Waals surface area contributed by atoms with E-state index in [1.165, 1.54) is 31.2 Å². The van der Waals surface area contributed by atoms with Crippen molar-refractivity contribution in [1.29, 1.82) is 0 Å². The van der Waals surface area contributed by atoms with E-state index in [4.69, 9.17) is 4.74 Å². The van der Waals surface area contributed by atoms with Crippen LogP contribution < -0.4 is 10.1 Å². The molecule has 0 bridgehead atoms. The number of esters is 1. The SMILES string of the molecule is CC(OC(=O)[C@@H](NC(=O)c1ccccc1)C(C)C)C(=O)c1ccc(OC(F)F)cc1. The average molecular weight is 419 g/mol. The second-order valence-corrected chi connectivity index (χ2v) is 6.91. The van der Waals surface area contributed by atoms with Crippen molar-refractivity contribution in [3.8, 4) is 5.75 Å². The zero-order valence-corrected chi connectivity index (χ0v) is 16.8. The van der Waals surface area contributed by atoms with E-state index in [0.29, 0.717) is 5.56 Å². The Labute approximate surface area is 173 Å². The van der Waals surface area contributed by atoms with Crippen LogP contribution in [0, 0.1) is 5.92 Å². The molecule has 0 fully saturated rings. The van der Waals surface area contributed by atoms with Crippen molar-refractivity contribution < 1.29 is 32.6 Å². The summed E-state index contributed by atoms with van der Waals surface area (Å²) in [7, 11) is 0. The van der Waals surface area contributed by atoms with Crippen molar-refractivity contribution in [2.75, 3.05) is 0 Å². The van der Waals surface area contributed by atoms with E-state index in [2.05, 4.69) is 10.1 Å². The number of carbonyl (C=O) groups excluding carboxylic acids is 3. The summed E-state index contributed by atoms with van der Waals surface area (Å²) in [6.07, 6.45) is -1.13. The fourth-order valence-corrected chi connectivity index (χ4v) is 2.65. The first-order valence-electron chi connectivity index (χ1n) is 9.34. The molecule has 0 aliphatic heterocycles. The van der Waals surface area contributed by atoms with Crippen LogP contribution in [0.5, 0.6) is 5.75 Å². The predicted octanol–water partition coefficient (Wildman–Crippen LogP) is 3.86. The number of hydrogen-bond donors (Lipinski definition) is 1. The lowest BCUT2D eigenvalue weighted by molar-refractivity contribution is -0.149. The molecule has 1 amide bonds. The molecule has 0 spiro atoms. The maximum Gasteiger partial charge on any atom is 0.387 e. The van der Waals surface area contributed by atoms with Crippen molar-refractivity contribution in [1.82, 2.24) is 5.32 Å². The Morgan fingerprint density at radius 3 is 2.00 bits per heavy atom. The van der Waals surface area contributed by atoms with Gasteiger partial charge in [-0.1, -0.05) is 32.0 Å². The van der Waals surface area contributed by atoms with Crippen LogP contribution in [0.3, 0.4) is 0 Å². The molecule has 0 heterocycles. The van der Waals surface area contributed by atoms with Crippen LogP contribution in [-0.2, 0) is 9.53 Å². The van der Waals surface area contributed by atoms with E-state index in [0.717, 1.165) is 0 Å². The lowest BCUT2D eigenvalue weighted by atomic mass is 10.0. The van der Waals surface area contributed by atoms with Crippen LogP contribution in [0.15, 0.2) is 54.6 Å². The highest BCUT2D eigenvalue weighted by Gasteiger charge is 2.29. The van der Waals surface area contributed by atoms with Gasteiger partial charge in [0, 0.05) is 11.1 Å². The number of Topliss-reactive ketones (excluding diaryl/α,β-unsaturated/α-hetero) is 1. The lowest BCUT2D eigenvalue weighted by Crippen LogP contribution is -2.46. The maximum absolute atomic E-state index is 12.6. The summed E-state index contributed by atoms with van der Waals surface area (Å²) in [5.74, 6) is -2.05. The molecule has 0 saturated heterocycles. The molecule has 2 aromatic rings. The molecule has 1 unspecified atom stereocenters. The maximum atomic E-state index is 12.6. The first-order valence-corrected chi connectivity index (χ1v) is 9.34. The molecule has 6 nitrogen and oxygen atoms in total. The monoisotopic (exact) mass is 419 g/mol. The first-order chi connectivity index (χ1) is 14.2. The topological polar surface area (TPSA) is 81.7 Å². The molecular weight excluding hydrogens is 396 g/mol. The zero-order chi connectivity index (χ0) is 22.3. The van der Waals surface area contributed by atoms with Crippen LogP contribution in [-0.4, -0.2) is 36.4 Å². The molecule has 160 valence electrons. The van der Waals surface area contributed by atoms with Gasteiger partial charge in [0.2, 0.25) is 5.78 Å². The number of alkyl halides is 2. The third kappa shape index (κ3) is 6.37. The third-order valence-electron chi connectivity index (χ3n) is 4.27. The second-order valence-electron chi connectivity index (χ2n) is 6.91. The van der Waals surface area contributed by atoms with Crippen LogP contribution in [0.25, 0.3) is 0 Å². The molecule has 0 aliphatic rings. The summed E-state index contributed by atoms with van der Waals surface area (Å²) in [5, 5.41) is 2.63. The van der Waals surface area contributed by atoms with Crippen molar-refractivity contribution in [3.05, 3.63) is 65.7 Å². The van der Waals surface area contributed by atoms with Gasteiger partial charge in [-0.15, -0.1) is 0 Å². The summed E-state index contributed by atoms with van der Waals surface area (Å²) in [4.78, 5) is 37.4. The molecule has 0 radical (unpaired) electrons. The highest BCUT2D eigenvalue weighted by Crippen LogP contribution is 2.17. The minimum Gasteiger partial charge on any atom is -0.453 e. The van der Waals surface area contributed by atoms with Gasteiger partial charge in [-0.05, 0) is 49.2 Å². The van der Waals surface area contributed by atoms with Gasteiger partial charge in [0.15, 0.2) is 6.10 Å². The summed E-state index contributed by atoms with van der Waals surface area (Å²) < 4.78 is 33.9. The van der Waals surface area contributed by atoms with Crippen molar-refractivity contribution in [2.24, 2.45) is 5.92 Å². The summed E-state index contributed by atoms with van der Waals surface area (Å²) >= 11 is 0. The van der Waals surface area contributed by atoms with E-state index < -0.39 is 36.4 Å². The van der Waals surface area contributed by atoms with Crippen molar-refractivity contribution >= 4 is 17.7 Å². The van der Waals surface area contributed by atoms with Gasteiger partial charge in [-0.2, -0.15) is 8.78 Å². The molecule has 30 heavy (non-hydrogen) atoms. The number of amides is 1. The Kier molecular flexibility index (Phi) is 8.03. The van der Waals surface area contributed by atoms with Gasteiger partial charge in [0.1, 0.15) is 11.8 Å². The Hall–Kier alpha value is -3.29. The van der Waals surface area contributed by atoms with E-state index in [9.17, 15) is 23.2 Å². The molecule has 2 rings (SSSR count). The molecule has 0 aromatic heterocycles. The van der Waals surface area contributed by atoms with Gasteiger partial charge < -0.3 is 14.8 Å². The average Bonchev–Trinajstić information content (AvgIpc) is 2.71. The van der Waals surface area contributed by atoms with Gasteiger partial charge >= 0.3 is 12.6 Å². The number of halogens is 2. The van der Waals surface area contributed by atoms with Gasteiger partial charge in [-0.3, -0.25) is 9.59 Å². The first kappa shape index (κ1) is 23.0. The molecular formula is C22H23F2NO5. The van der Waals surface area contributed by atoms with E-state index >= 15 is 0 Å². The lowest BCUT2D eigenvalue weighted by Gasteiger charge is -2.23. The van der Waals surface area contributed by atoms with Gasteiger partial charge in [0.25, 0.3) is 5.91 Å². The van der Waals surface area contributed by atoms with Crippen LogP contribution >= 0.6 is 0 Å². The third-order valence-corrected chi connectivity index (χ3v) is 4.27. The van der Waals surface area contributed by atoms with Crippen molar-refractivity contribution in [3.63, 3.8) is 0 Å². The summed E-state index contributed by atoms with van der Waals surface area (Å²) in [5.41, 5.74) is 0.567. The molecule has 2 aromatic carbocycles. The smallest absolute Gasteiger partial charge is 0.387 e. The van der Waals surface area contributed by atoms with Crippen LogP contribution in [0.1, 0.15) is 41.5 Å². The number of ether oxygens (including phenoxy) is 2. The standard InChI is InChI=1S/C22H23F2NO5/c1-13(2)18(25-20(27)16-7-5-4-6-8-16)21(28)29-14(3)19(26)15-9-11-17(12-10-15)30-22(23)24/h4-14,18,22H,1-3H3,(H,25,27)/t14?,18-/m0/s1. The van der Waals surface area contributed by atoms with Crippen LogP contribution in [0.2, 0.25) is 0 Å². The highest BCUT2D eigenvalue weighted by molar-refractivity contribution is 6.01. The largest absolute Gasteiger partial charge is 0.453 e. The molecule has 8 heteroatoms. The number of nitrogens with one attached hydrogen (secondary N) is 1. The Morgan fingerprint density at radius 2 is 1.47 bits per heavy atom. The van der Waals surface area contributed by atoms with Gasteiger partial charge in [0.05, 0.1) is 0 Å². The summed E-state index contributed by atoms with van der Waals surface area (Å²) in [6, 6.07) is 12.5. The van der Waals surface area contributed by atoms with E-state index in [1.54, 1.807) is 44.2 Å². The van der Waals surface area contributed by atoms with E-state index in [-0.39, 0.29) is 17.2 Å². The van der Waals surface area contributed by atoms with Gasteiger partial charge in [-0.25, -0.2) is 4.79 Å². The van der Waals surface area contributed by atoms with Crippen LogP contribution in [0.4, 0.5) is 8.78 Å². The molecule has 0 aliphatic carbocycles. The molecule has 1 N–H and O–H groups in total. The zero-order valence-electron chi connectivity index (χ0n) is 16.8. The fourth-order valence-electron chi connectivity index (χ4n) is 2.65. The molecule has 2 atom stereocenters. The number of ketones is 1. The Bertz CT molecular complexity index is 869. The second kappa shape index (κ2) is 10.5.